The lowest BCUT2D eigenvalue weighted by Crippen LogP contribution is -2.24. The number of halogens is 1. The lowest BCUT2D eigenvalue weighted by Gasteiger charge is -2.10. The van der Waals surface area contributed by atoms with Crippen LogP contribution in [0.15, 0.2) is 60.8 Å². The summed E-state index contributed by atoms with van der Waals surface area (Å²) >= 11 is 6.09. The van der Waals surface area contributed by atoms with Gasteiger partial charge in [-0.15, -0.1) is 0 Å². The minimum absolute atomic E-state index is 0.183. The van der Waals surface area contributed by atoms with Gasteiger partial charge in [-0.1, -0.05) is 47.5 Å². The van der Waals surface area contributed by atoms with E-state index in [1.807, 2.05) is 38.1 Å². The first-order valence-corrected chi connectivity index (χ1v) is 9.18. The molecule has 0 aliphatic carbocycles. The van der Waals surface area contributed by atoms with Crippen molar-refractivity contribution in [1.82, 2.24) is 10.3 Å². The van der Waals surface area contributed by atoms with Crippen LogP contribution in [0.25, 0.3) is 0 Å². The van der Waals surface area contributed by atoms with Crippen LogP contribution in [0, 0.1) is 13.8 Å². The summed E-state index contributed by atoms with van der Waals surface area (Å²) in [7, 11) is 0. The van der Waals surface area contributed by atoms with Gasteiger partial charge in [-0.05, 0) is 49.2 Å². The number of aromatic nitrogens is 1. The summed E-state index contributed by atoms with van der Waals surface area (Å²) in [5.74, 6) is -0.672. The highest BCUT2D eigenvalue weighted by atomic mass is 35.5. The lowest BCUT2D eigenvalue weighted by molar-refractivity contribution is 0.0946. The average molecular weight is 394 g/mol. The van der Waals surface area contributed by atoms with Gasteiger partial charge in [0.2, 0.25) is 0 Å². The van der Waals surface area contributed by atoms with Crippen LogP contribution in [0.3, 0.4) is 0 Å². The number of amides is 2. The summed E-state index contributed by atoms with van der Waals surface area (Å²) in [6, 6.07) is 16.2. The lowest BCUT2D eigenvalue weighted by atomic mass is 10.1. The third kappa shape index (κ3) is 4.75. The molecule has 0 saturated heterocycles. The molecule has 5 nitrogen and oxygen atoms in total. The summed E-state index contributed by atoms with van der Waals surface area (Å²) < 4.78 is 0. The van der Waals surface area contributed by atoms with Crippen molar-refractivity contribution in [2.75, 3.05) is 5.32 Å². The molecule has 3 rings (SSSR count). The molecule has 0 radical (unpaired) electrons. The van der Waals surface area contributed by atoms with Crippen LogP contribution in [-0.2, 0) is 6.54 Å². The van der Waals surface area contributed by atoms with Crippen LogP contribution >= 0.6 is 11.6 Å². The number of nitrogens with zero attached hydrogens (tertiary/aromatic N) is 1. The zero-order valence-electron chi connectivity index (χ0n) is 15.6. The molecule has 0 aliphatic rings. The molecule has 2 amide bonds. The van der Waals surface area contributed by atoms with Crippen molar-refractivity contribution in [1.29, 1.82) is 0 Å². The maximum Gasteiger partial charge on any atom is 0.270 e. The van der Waals surface area contributed by atoms with E-state index in [2.05, 4.69) is 15.6 Å². The number of nitrogens with one attached hydrogen (secondary N) is 2. The molecule has 142 valence electrons. The Kier molecular flexibility index (Phi) is 6.06. The number of rotatable bonds is 5. The Bertz CT molecular complexity index is 1020. The third-order valence-corrected chi connectivity index (χ3v) is 4.75. The first kappa shape index (κ1) is 19.6. The summed E-state index contributed by atoms with van der Waals surface area (Å²) in [5.41, 5.74) is 4.08. The molecular formula is C22H20ClN3O2. The Labute approximate surface area is 168 Å². The normalized spacial score (nSPS) is 10.4. The van der Waals surface area contributed by atoms with E-state index < -0.39 is 0 Å². The number of hydrogen-bond acceptors (Lipinski definition) is 3. The van der Waals surface area contributed by atoms with E-state index in [1.165, 1.54) is 12.3 Å². The van der Waals surface area contributed by atoms with Gasteiger partial charge in [-0.3, -0.25) is 14.6 Å². The number of hydrogen-bond donors (Lipinski definition) is 2. The molecule has 0 spiro atoms. The zero-order valence-corrected chi connectivity index (χ0v) is 16.4. The van der Waals surface area contributed by atoms with Crippen LogP contribution < -0.4 is 10.6 Å². The van der Waals surface area contributed by atoms with E-state index >= 15 is 0 Å². The van der Waals surface area contributed by atoms with Crippen molar-refractivity contribution in [3.8, 4) is 0 Å². The molecule has 3 aromatic rings. The number of carbonyl (C=O) groups is 2. The predicted molar refractivity (Wildman–Crippen MR) is 111 cm³/mol. The van der Waals surface area contributed by atoms with Gasteiger partial charge < -0.3 is 10.6 Å². The highest BCUT2D eigenvalue weighted by Crippen LogP contribution is 2.23. The molecule has 2 N–H and O–H groups in total. The van der Waals surface area contributed by atoms with Crippen molar-refractivity contribution in [3.63, 3.8) is 0 Å². The summed E-state index contributed by atoms with van der Waals surface area (Å²) in [5, 5.41) is 6.20. The van der Waals surface area contributed by atoms with E-state index in [1.54, 1.807) is 24.3 Å². The fraction of sp³-hybridized carbons (Fsp3) is 0.136. The predicted octanol–water partition coefficient (Wildman–Crippen LogP) is 4.53. The Morgan fingerprint density at radius 1 is 1.00 bits per heavy atom. The smallest absolute Gasteiger partial charge is 0.270 e. The number of aryl methyl sites for hydroxylation is 1. The summed E-state index contributed by atoms with van der Waals surface area (Å²) in [6.45, 7) is 4.22. The molecule has 0 saturated carbocycles. The largest absolute Gasteiger partial charge is 0.347 e. The third-order valence-electron chi connectivity index (χ3n) is 4.34. The van der Waals surface area contributed by atoms with Crippen molar-refractivity contribution >= 4 is 29.1 Å². The van der Waals surface area contributed by atoms with Gasteiger partial charge in [0.05, 0.1) is 0 Å². The van der Waals surface area contributed by atoms with Gasteiger partial charge in [0, 0.05) is 29.0 Å². The highest BCUT2D eigenvalue weighted by Gasteiger charge is 2.13. The Balaban J connectivity index is 1.68. The standard InChI is InChI=1S/C22H20ClN3O2/c1-14-6-8-16(9-7-14)13-25-22(28)20-12-17(10-11-24-20)21(27)26-19-5-3-4-18(23)15(19)2/h3-12H,13H2,1-2H3,(H,25,28)(H,26,27). The summed E-state index contributed by atoms with van der Waals surface area (Å²) in [4.78, 5) is 29.0. The highest BCUT2D eigenvalue weighted by molar-refractivity contribution is 6.31. The Morgan fingerprint density at radius 3 is 2.50 bits per heavy atom. The molecule has 6 heteroatoms. The van der Waals surface area contributed by atoms with Crippen molar-refractivity contribution in [2.45, 2.75) is 20.4 Å². The fourth-order valence-electron chi connectivity index (χ4n) is 2.61. The molecule has 0 bridgehead atoms. The second kappa shape index (κ2) is 8.67. The molecule has 1 heterocycles. The second-order valence-corrected chi connectivity index (χ2v) is 6.87. The molecule has 1 aromatic heterocycles. The first-order chi connectivity index (χ1) is 13.4. The quantitative estimate of drug-likeness (QED) is 0.668. The molecule has 0 fully saturated rings. The van der Waals surface area contributed by atoms with Gasteiger partial charge in [0.25, 0.3) is 11.8 Å². The zero-order chi connectivity index (χ0) is 20.1. The Morgan fingerprint density at radius 2 is 1.75 bits per heavy atom. The number of pyridine rings is 1. The van der Waals surface area contributed by atoms with Crippen molar-refractivity contribution in [3.05, 3.63) is 93.8 Å². The topological polar surface area (TPSA) is 71.1 Å². The maximum atomic E-state index is 12.5. The van der Waals surface area contributed by atoms with E-state index in [0.717, 1.165) is 16.7 Å². The number of carbonyl (C=O) groups excluding carboxylic acids is 2. The minimum atomic E-state index is -0.339. The number of benzene rings is 2. The maximum absolute atomic E-state index is 12.5. The van der Waals surface area contributed by atoms with Crippen LogP contribution in [0.2, 0.25) is 5.02 Å². The van der Waals surface area contributed by atoms with Crippen molar-refractivity contribution in [2.24, 2.45) is 0 Å². The van der Waals surface area contributed by atoms with Crippen LogP contribution in [0.1, 0.15) is 37.5 Å². The van der Waals surface area contributed by atoms with E-state index in [9.17, 15) is 9.59 Å². The molecule has 28 heavy (non-hydrogen) atoms. The molecule has 2 aromatic carbocycles. The van der Waals surface area contributed by atoms with Gasteiger partial charge in [-0.25, -0.2) is 0 Å². The monoisotopic (exact) mass is 393 g/mol. The Hall–Kier alpha value is -3.18. The minimum Gasteiger partial charge on any atom is -0.347 e. The van der Waals surface area contributed by atoms with E-state index in [-0.39, 0.29) is 17.5 Å². The molecule has 0 aliphatic heterocycles. The molecule has 0 unspecified atom stereocenters. The average Bonchev–Trinajstić information content (AvgIpc) is 2.71. The molecular weight excluding hydrogens is 374 g/mol. The fourth-order valence-corrected chi connectivity index (χ4v) is 2.79. The van der Waals surface area contributed by atoms with E-state index in [0.29, 0.717) is 22.8 Å². The van der Waals surface area contributed by atoms with Crippen LogP contribution in [-0.4, -0.2) is 16.8 Å². The van der Waals surface area contributed by atoms with E-state index in [4.69, 9.17) is 11.6 Å². The van der Waals surface area contributed by atoms with Gasteiger partial charge in [0.15, 0.2) is 0 Å². The van der Waals surface area contributed by atoms with Crippen molar-refractivity contribution < 1.29 is 9.59 Å². The van der Waals surface area contributed by atoms with Gasteiger partial charge in [0.1, 0.15) is 5.69 Å². The summed E-state index contributed by atoms with van der Waals surface area (Å²) in [6.07, 6.45) is 1.44. The van der Waals surface area contributed by atoms with Gasteiger partial charge in [-0.2, -0.15) is 0 Å². The van der Waals surface area contributed by atoms with Gasteiger partial charge >= 0.3 is 0 Å². The van der Waals surface area contributed by atoms with Crippen LogP contribution in [0.4, 0.5) is 5.69 Å². The molecule has 0 atom stereocenters. The second-order valence-electron chi connectivity index (χ2n) is 6.46. The van der Waals surface area contributed by atoms with Crippen LogP contribution in [0.5, 0.6) is 0 Å². The first-order valence-electron chi connectivity index (χ1n) is 8.80. The number of anilines is 1. The SMILES string of the molecule is Cc1ccc(CNC(=O)c2cc(C(=O)Nc3cccc(Cl)c3C)ccn2)cc1.